The van der Waals surface area contributed by atoms with Crippen molar-refractivity contribution in [2.75, 3.05) is 19.6 Å². The number of aromatic nitrogens is 1. The molecule has 7 nitrogen and oxygen atoms in total. The first-order chi connectivity index (χ1) is 14.1. The molecule has 4 aliphatic rings. The van der Waals surface area contributed by atoms with Crippen LogP contribution in [-0.4, -0.2) is 58.5 Å². The topological polar surface area (TPSA) is 78.7 Å². The molecule has 1 aliphatic carbocycles. The molecule has 0 unspecified atom stereocenters. The van der Waals surface area contributed by atoms with Crippen molar-refractivity contribution in [2.24, 2.45) is 17.8 Å². The summed E-state index contributed by atoms with van der Waals surface area (Å²) in [6.07, 6.45) is 7.08. The quantitative estimate of drug-likeness (QED) is 0.819. The Kier molecular flexibility index (Phi) is 5.10. The number of rotatable bonds is 5. The summed E-state index contributed by atoms with van der Waals surface area (Å²) in [5.74, 6) is 2.49. The fraction of sp³-hybridized carbons (Fsp3) is 0.773. The summed E-state index contributed by atoms with van der Waals surface area (Å²) < 4.78 is 5.45. The predicted molar refractivity (Wildman–Crippen MR) is 107 cm³/mol. The molecule has 4 atom stereocenters. The summed E-state index contributed by atoms with van der Waals surface area (Å²) >= 11 is 0. The Morgan fingerprint density at radius 1 is 1.24 bits per heavy atom. The first-order valence-corrected chi connectivity index (χ1v) is 11.3. The van der Waals surface area contributed by atoms with Gasteiger partial charge in [0.05, 0.1) is 18.3 Å². The highest BCUT2D eigenvalue weighted by atomic mass is 16.5. The van der Waals surface area contributed by atoms with E-state index in [1.54, 1.807) is 0 Å². The second-order valence-corrected chi connectivity index (χ2v) is 9.59. The van der Waals surface area contributed by atoms with E-state index in [2.05, 4.69) is 20.3 Å². The summed E-state index contributed by atoms with van der Waals surface area (Å²) in [6.45, 7) is 5.27. The molecule has 1 N–H and O–H groups in total. The number of carbonyl (C=O) groups is 2. The number of nitrogens with zero attached hydrogens (tertiary/aromatic N) is 3. The van der Waals surface area contributed by atoms with Crippen molar-refractivity contribution in [1.29, 1.82) is 0 Å². The number of piperidine rings is 3. The highest BCUT2D eigenvalue weighted by molar-refractivity contribution is 5.80. The number of carbonyl (C=O) groups excluding carboxylic acids is 2. The second-order valence-electron chi connectivity index (χ2n) is 9.59. The van der Waals surface area contributed by atoms with E-state index in [0.29, 0.717) is 30.8 Å². The van der Waals surface area contributed by atoms with Crippen molar-refractivity contribution in [1.82, 2.24) is 20.3 Å². The van der Waals surface area contributed by atoms with Gasteiger partial charge in [0.1, 0.15) is 0 Å². The van der Waals surface area contributed by atoms with Crippen LogP contribution in [0, 0.1) is 24.7 Å². The average molecular weight is 401 g/mol. The summed E-state index contributed by atoms with van der Waals surface area (Å²) in [5.41, 5.74) is 0.915. The van der Waals surface area contributed by atoms with Crippen LogP contribution in [0.5, 0.6) is 0 Å². The Morgan fingerprint density at radius 3 is 2.79 bits per heavy atom. The lowest BCUT2D eigenvalue weighted by Gasteiger charge is -2.56. The Labute approximate surface area is 172 Å². The first kappa shape index (κ1) is 19.1. The maximum atomic E-state index is 12.9. The molecule has 0 spiro atoms. The zero-order valence-electron chi connectivity index (χ0n) is 17.3. The molecule has 0 aromatic carbocycles. The molecule has 2 amide bonds. The van der Waals surface area contributed by atoms with Crippen LogP contribution in [0.15, 0.2) is 10.6 Å². The normalized spacial score (nSPS) is 32.6. The van der Waals surface area contributed by atoms with E-state index < -0.39 is 0 Å². The van der Waals surface area contributed by atoms with Crippen molar-refractivity contribution in [3.63, 3.8) is 0 Å². The van der Waals surface area contributed by atoms with Gasteiger partial charge >= 0.3 is 0 Å². The minimum atomic E-state index is 0.118. The third-order valence-corrected chi connectivity index (χ3v) is 7.59. The third-order valence-electron chi connectivity index (χ3n) is 7.59. The molecular weight excluding hydrogens is 368 g/mol. The highest BCUT2D eigenvalue weighted by Gasteiger charge is 2.49. The molecule has 1 saturated carbocycles. The monoisotopic (exact) mass is 400 g/mol. The minimum Gasteiger partial charge on any atom is -0.360 e. The van der Waals surface area contributed by atoms with Gasteiger partial charge in [-0.05, 0) is 50.9 Å². The van der Waals surface area contributed by atoms with Gasteiger partial charge in [-0.3, -0.25) is 14.5 Å². The fourth-order valence-corrected chi connectivity index (χ4v) is 5.99. The number of nitrogens with one attached hydrogen (secondary N) is 1. The van der Waals surface area contributed by atoms with Gasteiger partial charge in [-0.15, -0.1) is 0 Å². The molecular formula is C22H32N4O3. The minimum absolute atomic E-state index is 0.118. The molecule has 158 valence electrons. The van der Waals surface area contributed by atoms with Crippen LogP contribution in [0.3, 0.4) is 0 Å². The summed E-state index contributed by atoms with van der Waals surface area (Å²) in [5, 5.41) is 7.22. The van der Waals surface area contributed by atoms with Gasteiger partial charge in [0.25, 0.3) is 0 Å². The van der Waals surface area contributed by atoms with Crippen LogP contribution in [0.4, 0.5) is 0 Å². The van der Waals surface area contributed by atoms with Crippen molar-refractivity contribution in [2.45, 2.75) is 70.5 Å². The smallest absolute Gasteiger partial charge is 0.223 e. The average Bonchev–Trinajstić information content (AvgIpc) is 3.05. The van der Waals surface area contributed by atoms with E-state index in [0.717, 1.165) is 69.6 Å². The second kappa shape index (κ2) is 7.74. The van der Waals surface area contributed by atoms with Crippen molar-refractivity contribution < 1.29 is 14.1 Å². The molecule has 4 heterocycles. The third kappa shape index (κ3) is 3.69. The maximum Gasteiger partial charge on any atom is 0.223 e. The molecule has 0 radical (unpaired) electrons. The van der Waals surface area contributed by atoms with Crippen molar-refractivity contribution >= 4 is 11.8 Å². The Morgan fingerprint density at radius 2 is 2.07 bits per heavy atom. The van der Waals surface area contributed by atoms with Gasteiger partial charge in [-0.2, -0.15) is 0 Å². The number of amides is 2. The first-order valence-electron chi connectivity index (χ1n) is 11.3. The van der Waals surface area contributed by atoms with Gasteiger partial charge in [0.2, 0.25) is 11.8 Å². The molecule has 5 rings (SSSR count). The van der Waals surface area contributed by atoms with E-state index >= 15 is 0 Å². The van der Waals surface area contributed by atoms with E-state index in [-0.39, 0.29) is 23.8 Å². The van der Waals surface area contributed by atoms with Crippen molar-refractivity contribution in [3.8, 4) is 0 Å². The number of hydrogen-bond donors (Lipinski definition) is 1. The number of fused-ring (bicyclic) bond motifs is 4. The zero-order valence-corrected chi connectivity index (χ0v) is 17.3. The Balaban J connectivity index is 1.32. The van der Waals surface area contributed by atoms with E-state index in [1.165, 1.54) is 0 Å². The molecule has 4 fully saturated rings. The van der Waals surface area contributed by atoms with Gasteiger partial charge < -0.3 is 14.7 Å². The van der Waals surface area contributed by atoms with Gasteiger partial charge in [-0.25, -0.2) is 0 Å². The van der Waals surface area contributed by atoms with Crippen LogP contribution in [0.2, 0.25) is 0 Å². The summed E-state index contributed by atoms with van der Waals surface area (Å²) in [7, 11) is 0. The van der Waals surface area contributed by atoms with E-state index in [4.69, 9.17) is 4.52 Å². The Bertz CT molecular complexity index is 774. The number of aryl methyl sites for hydroxylation is 1. The SMILES string of the molecule is Cc1cc(CN2C[C@H]3C[C@@H](C2)[C@H](CNC(=O)C2CCC2)N2C(=O)CCC[C@@H]32)on1. The van der Waals surface area contributed by atoms with E-state index in [9.17, 15) is 9.59 Å². The highest BCUT2D eigenvalue weighted by Crippen LogP contribution is 2.41. The number of likely N-dealkylation sites (tertiary alicyclic amines) is 1. The number of hydrogen-bond acceptors (Lipinski definition) is 5. The Hall–Kier alpha value is -1.89. The summed E-state index contributed by atoms with van der Waals surface area (Å²) in [4.78, 5) is 30.0. The standard InChI is InChI=1S/C22H32N4O3/c1-14-8-18(29-24-14)13-25-11-16-9-17(12-25)20(10-23-22(28)15-4-2-5-15)26-19(16)6-3-7-21(26)27/h8,15-17,19-20H,2-7,9-13H2,1H3,(H,23,28)/t16-,17+,19+,20+/m1/s1. The largest absolute Gasteiger partial charge is 0.360 e. The lowest BCUT2D eigenvalue weighted by Crippen LogP contribution is -2.67. The van der Waals surface area contributed by atoms with Crippen LogP contribution in [0.1, 0.15) is 56.4 Å². The van der Waals surface area contributed by atoms with Crippen LogP contribution in [-0.2, 0) is 16.1 Å². The summed E-state index contributed by atoms with van der Waals surface area (Å²) in [6, 6.07) is 2.45. The maximum absolute atomic E-state index is 12.9. The predicted octanol–water partition coefficient (Wildman–Crippen LogP) is 2.10. The fourth-order valence-electron chi connectivity index (χ4n) is 5.99. The molecule has 3 saturated heterocycles. The lowest BCUT2D eigenvalue weighted by molar-refractivity contribution is -0.153. The molecule has 1 aromatic heterocycles. The zero-order chi connectivity index (χ0) is 20.0. The van der Waals surface area contributed by atoms with Crippen LogP contribution < -0.4 is 5.32 Å². The van der Waals surface area contributed by atoms with Crippen LogP contribution in [0.25, 0.3) is 0 Å². The molecule has 29 heavy (non-hydrogen) atoms. The molecule has 3 aliphatic heterocycles. The molecule has 7 heteroatoms. The molecule has 1 aromatic rings. The van der Waals surface area contributed by atoms with Gasteiger partial charge in [-0.1, -0.05) is 11.6 Å². The van der Waals surface area contributed by atoms with Crippen LogP contribution >= 0.6 is 0 Å². The lowest BCUT2D eigenvalue weighted by atomic mass is 9.72. The van der Waals surface area contributed by atoms with Gasteiger partial charge in [0.15, 0.2) is 5.76 Å². The van der Waals surface area contributed by atoms with Crippen molar-refractivity contribution in [3.05, 3.63) is 17.5 Å². The van der Waals surface area contributed by atoms with Gasteiger partial charge in [0, 0.05) is 44.1 Å². The molecule has 2 bridgehead atoms. The van der Waals surface area contributed by atoms with E-state index in [1.807, 2.05) is 13.0 Å².